The van der Waals surface area contributed by atoms with Crippen molar-refractivity contribution in [2.24, 2.45) is 5.10 Å². The maximum absolute atomic E-state index is 14.5. The Labute approximate surface area is 204 Å². The first-order chi connectivity index (χ1) is 17.4. The summed E-state index contributed by atoms with van der Waals surface area (Å²) in [5.74, 6) is -8.20. The van der Waals surface area contributed by atoms with E-state index in [0.717, 1.165) is 18.2 Å². The quantitative estimate of drug-likeness (QED) is 0.244. The topological polar surface area (TPSA) is 109 Å². The number of nitrogens with zero attached hydrogens (tertiary/aromatic N) is 3. The number of carboxylic acids is 1. The Morgan fingerprint density at radius 1 is 1.08 bits per heavy atom. The highest BCUT2D eigenvalue weighted by Gasteiger charge is 2.64. The van der Waals surface area contributed by atoms with Crippen molar-refractivity contribution in [3.05, 3.63) is 82.8 Å². The molecule has 0 saturated heterocycles. The zero-order valence-corrected chi connectivity index (χ0v) is 18.5. The van der Waals surface area contributed by atoms with Crippen LogP contribution in [0.2, 0.25) is 0 Å². The van der Waals surface area contributed by atoms with Crippen LogP contribution in [0.4, 0.5) is 32.2 Å². The Kier molecular flexibility index (Phi) is 6.67. The van der Waals surface area contributed by atoms with E-state index in [1.165, 1.54) is 42.6 Å². The molecule has 1 amide bonds. The van der Waals surface area contributed by atoms with Gasteiger partial charge in [-0.15, -0.1) is 0 Å². The SMILES string of the molecule is O=C(O)c1ccc(C=NNC(=O)c2cc3n(n2)C(C(F)(F)C(F)(F)F)CC(c2ccc(F)cc2)N3)cc1. The van der Waals surface area contributed by atoms with Gasteiger partial charge in [-0.1, -0.05) is 24.3 Å². The van der Waals surface area contributed by atoms with E-state index >= 15 is 0 Å². The lowest BCUT2D eigenvalue weighted by molar-refractivity contribution is -0.301. The molecule has 1 aliphatic heterocycles. The van der Waals surface area contributed by atoms with Gasteiger partial charge in [-0.3, -0.25) is 4.79 Å². The fourth-order valence-corrected chi connectivity index (χ4v) is 3.75. The summed E-state index contributed by atoms with van der Waals surface area (Å²) in [5.41, 5.74) is 2.32. The Balaban J connectivity index is 1.59. The first kappa shape index (κ1) is 25.7. The summed E-state index contributed by atoms with van der Waals surface area (Å²) in [6.07, 6.45) is -5.48. The van der Waals surface area contributed by atoms with E-state index < -0.39 is 54.0 Å². The number of amides is 1. The fourth-order valence-electron chi connectivity index (χ4n) is 3.75. The molecule has 8 nitrogen and oxygen atoms in total. The van der Waals surface area contributed by atoms with Crippen LogP contribution < -0.4 is 10.7 Å². The van der Waals surface area contributed by atoms with E-state index in [2.05, 4.69) is 20.9 Å². The molecule has 2 heterocycles. The second-order valence-corrected chi connectivity index (χ2v) is 8.11. The number of alkyl halides is 5. The molecular formula is C23H17F6N5O3. The van der Waals surface area contributed by atoms with Crippen LogP contribution in [0, 0.1) is 5.82 Å². The third kappa shape index (κ3) is 5.27. The standard InChI is InChI=1S/C23H17F6N5O3/c24-15-7-5-13(6-8-15)16-9-18(22(25,26)23(27,28)29)34-19(31-16)10-17(33-34)20(35)32-30-11-12-1-3-14(4-2-12)21(36)37/h1-8,10-11,16,18,31H,9H2,(H,32,35)(H,36,37). The highest BCUT2D eigenvalue weighted by atomic mass is 19.4. The molecule has 2 aromatic carbocycles. The average Bonchev–Trinajstić information content (AvgIpc) is 3.28. The van der Waals surface area contributed by atoms with Gasteiger partial charge in [0, 0.05) is 12.5 Å². The van der Waals surface area contributed by atoms with Crippen molar-refractivity contribution < 1.29 is 41.0 Å². The lowest BCUT2D eigenvalue weighted by Crippen LogP contribution is -2.47. The second-order valence-electron chi connectivity index (χ2n) is 8.11. The van der Waals surface area contributed by atoms with Crippen molar-refractivity contribution in [3.8, 4) is 0 Å². The minimum atomic E-state index is -5.89. The number of hydrogen-bond donors (Lipinski definition) is 3. The fraction of sp³-hybridized carbons (Fsp3) is 0.217. The first-order valence-electron chi connectivity index (χ1n) is 10.6. The van der Waals surface area contributed by atoms with Gasteiger partial charge in [0.2, 0.25) is 0 Å². The van der Waals surface area contributed by atoms with E-state index in [1.807, 2.05) is 0 Å². The van der Waals surface area contributed by atoms with Gasteiger partial charge in [0.15, 0.2) is 5.69 Å². The van der Waals surface area contributed by atoms with E-state index in [1.54, 1.807) is 0 Å². The molecule has 0 saturated carbocycles. The predicted molar refractivity (Wildman–Crippen MR) is 118 cm³/mol. The number of carboxylic acid groups (broad SMARTS) is 1. The van der Waals surface area contributed by atoms with Crippen molar-refractivity contribution in [1.29, 1.82) is 0 Å². The zero-order valence-electron chi connectivity index (χ0n) is 18.5. The van der Waals surface area contributed by atoms with E-state index in [0.29, 0.717) is 10.2 Å². The molecular weight excluding hydrogens is 508 g/mol. The van der Waals surface area contributed by atoms with Gasteiger partial charge < -0.3 is 10.4 Å². The third-order valence-electron chi connectivity index (χ3n) is 5.65. The smallest absolute Gasteiger partial charge is 0.455 e. The maximum Gasteiger partial charge on any atom is 0.455 e. The lowest BCUT2D eigenvalue weighted by atomic mass is 9.93. The number of aromatic carboxylic acids is 1. The van der Waals surface area contributed by atoms with Crippen molar-refractivity contribution in [1.82, 2.24) is 15.2 Å². The predicted octanol–water partition coefficient (Wildman–Crippen LogP) is 4.78. The molecule has 1 aromatic heterocycles. The number of fused-ring (bicyclic) bond motifs is 1. The number of hydrogen-bond acceptors (Lipinski definition) is 5. The molecule has 3 N–H and O–H groups in total. The van der Waals surface area contributed by atoms with Gasteiger partial charge in [-0.05, 0) is 35.4 Å². The zero-order chi connectivity index (χ0) is 27.0. The van der Waals surface area contributed by atoms with Crippen molar-refractivity contribution in [3.63, 3.8) is 0 Å². The minimum Gasteiger partial charge on any atom is -0.478 e. The normalized spacial score (nSPS) is 17.8. The number of carbonyl (C=O) groups excluding carboxylic acids is 1. The summed E-state index contributed by atoms with van der Waals surface area (Å²) in [6, 6.07) is 7.51. The molecule has 2 atom stereocenters. The summed E-state index contributed by atoms with van der Waals surface area (Å²) in [7, 11) is 0. The highest BCUT2D eigenvalue weighted by molar-refractivity contribution is 5.94. The van der Waals surface area contributed by atoms with E-state index in [9.17, 15) is 35.9 Å². The summed E-state index contributed by atoms with van der Waals surface area (Å²) < 4.78 is 82.5. The number of nitrogens with one attached hydrogen (secondary N) is 2. The number of benzene rings is 2. The third-order valence-corrected chi connectivity index (χ3v) is 5.65. The van der Waals surface area contributed by atoms with Gasteiger partial charge in [0.05, 0.1) is 17.8 Å². The maximum atomic E-state index is 14.5. The molecule has 0 fully saturated rings. The van der Waals surface area contributed by atoms with E-state index in [4.69, 9.17) is 5.11 Å². The molecule has 0 spiro atoms. The molecule has 37 heavy (non-hydrogen) atoms. The summed E-state index contributed by atoms with van der Waals surface area (Å²) in [5, 5.41) is 19.0. The first-order valence-corrected chi connectivity index (χ1v) is 10.6. The van der Waals surface area contributed by atoms with Crippen LogP contribution in [0.5, 0.6) is 0 Å². The monoisotopic (exact) mass is 525 g/mol. The lowest BCUT2D eigenvalue weighted by Gasteiger charge is -2.37. The Morgan fingerprint density at radius 3 is 2.32 bits per heavy atom. The summed E-state index contributed by atoms with van der Waals surface area (Å²) in [4.78, 5) is 23.4. The van der Waals surface area contributed by atoms with Gasteiger partial charge >= 0.3 is 18.1 Å². The van der Waals surface area contributed by atoms with Crippen LogP contribution in [0.3, 0.4) is 0 Å². The highest BCUT2D eigenvalue weighted by Crippen LogP contribution is 2.50. The number of rotatable bonds is 6. The molecule has 0 radical (unpaired) electrons. The van der Waals surface area contributed by atoms with Crippen LogP contribution in [-0.4, -0.2) is 45.1 Å². The van der Waals surface area contributed by atoms with Crippen LogP contribution in [0.25, 0.3) is 0 Å². The van der Waals surface area contributed by atoms with Crippen molar-refractivity contribution in [2.45, 2.75) is 30.6 Å². The molecule has 2 unspecified atom stereocenters. The van der Waals surface area contributed by atoms with Gasteiger partial charge in [-0.2, -0.15) is 32.2 Å². The van der Waals surface area contributed by atoms with Gasteiger partial charge in [0.1, 0.15) is 17.7 Å². The molecule has 0 aliphatic carbocycles. The molecule has 3 aromatic rings. The number of anilines is 1. The van der Waals surface area contributed by atoms with Crippen molar-refractivity contribution >= 4 is 23.9 Å². The Hall–Kier alpha value is -4.36. The molecule has 14 heteroatoms. The number of hydrazone groups is 1. The molecule has 4 rings (SSSR count). The summed E-state index contributed by atoms with van der Waals surface area (Å²) >= 11 is 0. The van der Waals surface area contributed by atoms with Crippen LogP contribution in [-0.2, 0) is 0 Å². The van der Waals surface area contributed by atoms with E-state index in [-0.39, 0.29) is 16.9 Å². The van der Waals surface area contributed by atoms with Crippen LogP contribution >= 0.6 is 0 Å². The molecule has 194 valence electrons. The number of aromatic nitrogens is 2. The van der Waals surface area contributed by atoms with Gasteiger partial charge in [0.25, 0.3) is 5.91 Å². The van der Waals surface area contributed by atoms with Gasteiger partial charge in [-0.25, -0.2) is 19.3 Å². The Morgan fingerprint density at radius 2 is 1.73 bits per heavy atom. The molecule has 0 bridgehead atoms. The molecule has 1 aliphatic rings. The van der Waals surface area contributed by atoms with Crippen LogP contribution in [0.15, 0.2) is 59.7 Å². The largest absolute Gasteiger partial charge is 0.478 e. The Bertz CT molecular complexity index is 1340. The minimum absolute atomic E-state index is 0.0291. The van der Waals surface area contributed by atoms with Crippen LogP contribution in [0.1, 0.15) is 50.5 Å². The summed E-state index contributed by atoms with van der Waals surface area (Å²) in [6.45, 7) is 0. The second kappa shape index (κ2) is 9.59. The van der Waals surface area contributed by atoms with Crippen molar-refractivity contribution in [2.75, 3.05) is 5.32 Å². The number of carbonyl (C=O) groups is 2. The number of halogens is 6. The average molecular weight is 525 g/mol.